The molecule has 0 atom stereocenters. The summed E-state index contributed by atoms with van der Waals surface area (Å²) in [4.78, 5) is 5.11. The molecule has 45 valence electrons. The van der Waals surface area contributed by atoms with Gasteiger partial charge < -0.3 is 4.98 Å². The quantitative estimate of drug-likeness (QED) is 0.727. The topological polar surface area (TPSA) is 14.1 Å². The number of aromatic nitrogens is 1. The van der Waals surface area contributed by atoms with Crippen LogP contribution in [0.2, 0.25) is 0 Å². The first-order chi connectivity index (χ1) is 3.43. The van der Waals surface area contributed by atoms with Gasteiger partial charge in [0.25, 0.3) is 0 Å². The van der Waals surface area contributed by atoms with Crippen molar-refractivity contribution in [2.45, 2.75) is 4.90 Å². The number of hydrogen-bond donors (Lipinski definition) is 0. The number of rotatable bonds is 1. The number of thioether (sulfide) groups is 1. The van der Waals surface area contributed by atoms with Gasteiger partial charge in [-0.1, -0.05) is 6.07 Å². The van der Waals surface area contributed by atoms with E-state index in [1.54, 1.807) is 18.0 Å². The van der Waals surface area contributed by atoms with Crippen LogP contribution in [0.5, 0.6) is 0 Å². The van der Waals surface area contributed by atoms with Crippen molar-refractivity contribution in [3.63, 3.8) is 0 Å². The van der Waals surface area contributed by atoms with Gasteiger partial charge >= 0.3 is 0 Å². The van der Waals surface area contributed by atoms with Gasteiger partial charge in [0, 0.05) is 20.4 Å². The maximum Gasteiger partial charge on any atom is 0 e. The second-order valence-corrected chi connectivity index (χ2v) is 2.08. The molecule has 0 saturated carbocycles. The van der Waals surface area contributed by atoms with Crippen molar-refractivity contribution in [3.05, 3.63) is 18.5 Å². The molecule has 0 aromatic carbocycles. The van der Waals surface area contributed by atoms with E-state index in [9.17, 15) is 0 Å². The van der Waals surface area contributed by atoms with Gasteiger partial charge in [-0.05, 0) is 11.2 Å². The van der Waals surface area contributed by atoms with Crippen LogP contribution >= 0.6 is 11.8 Å². The summed E-state index contributed by atoms with van der Waals surface area (Å²) < 4.78 is 0. The summed E-state index contributed by atoms with van der Waals surface area (Å²) in [6, 6.07) is 1.99. The van der Waals surface area contributed by atoms with Crippen LogP contribution < -0.4 is 4.98 Å². The van der Waals surface area contributed by atoms with E-state index >= 15 is 0 Å². The molecule has 0 fully saturated rings. The zero-order valence-electron chi connectivity index (χ0n) is 4.47. The van der Waals surface area contributed by atoms with Crippen molar-refractivity contribution in [1.82, 2.24) is 4.98 Å². The van der Waals surface area contributed by atoms with Crippen molar-refractivity contribution in [1.29, 1.82) is 0 Å². The molecule has 0 unspecified atom stereocenters. The van der Waals surface area contributed by atoms with Crippen molar-refractivity contribution >= 4 is 11.8 Å². The molecule has 1 radical (unpaired) electrons. The Morgan fingerprint density at radius 1 is 1.62 bits per heavy atom. The van der Waals surface area contributed by atoms with Crippen molar-refractivity contribution in [2.24, 2.45) is 0 Å². The third-order valence-corrected chi connectivity index (χ3v) is 1.48. The minimum atomic E-state index is 0. The molecule has 1 heterocycles. The second-order valence-electron chi connectivity index (χ2n) is 1.20. The Morgan fingerprint density at radius 2 is 2.38 bits per heavy atom. The monoisotopic (exact) mass is 299 g/mol. The summed E-state index contributed by atoms with van der Waals surface area (Å²) in [5, 5.41) is 0. The Kier molecular flexibility index (Phi) is 4.35. The third kappa shape index (κ3) is 2.04. The second kappa shape index (κ2) is 4.20. The van der Waals surface area contributed by atoms with Crippen LogP contribution in [0.3, 0.4) is 0 Å². The fraction of sp³-hybridized carbons (Fsp3) is 0.200. The van der Waals surface area contributed by atoms with E-state index in [0.717, 1.165) is 0 Å². The van der Waals surface area contributed by atoms with Gasteiger partial charge in [0.05, 0.1) is 0 Å². The number of hydrogen-bond acceptors (Lipinski definition) is 1. The molecule has 1 aromatic heterocycles. The van der Waals surface area contributed by atoms with Crippen LogP contribution in [-0.2, 0) is 20.4 Å². The zero-order chi connectivity index (χ0) is 5.11. The van der Waals surface area contributed by atoms with Gasteiger partial charge in [-0.2, -0.15) is 12.4 Å². The first-order valence-electron chi connectivity index (χ1n) is 2.04. The van der Waals surface area contributed by atoms with E-state index in [-0.39, 0.29) is 20.4 Å². The normalized spacial score (nSPS) is 8.12. The minimum Gasteiger partial charge on any atom is -0.669 e. The molecular formula is C5H6NReS-. The van der Waals surface area contributed by atoms with E-state index in [1.165, 1.54) is 4.90 Å². The summed E-state index contributed by atoms with van der Waals surface area (Å²) in [6.45, 7) is 0. The Morgan fingerprint density at radius 3 is 2.62 bits per heavy atom. The van der Waals surface area contributed by atoms with Crippen molar-refractivity contribution in [2.75, 3.05) is 6.26 Å². The molecule has 0 spiro atoms. The fourth-order valence-corrected chi connectivity index (χ4v) is 0.760. The maximum atomic E-state index is 3.87. The third-order valence-electron chi connectivity index (χ3n) is 0.762. The molecule has 0 amide bonds. The molecule has 3 heteroatoms. The predicted octanol–water partition coefficient (Wildman–Crippen LogP) is 1.36. The average Bonchev–Trinajstić information content (AvgIpc) is 2.14. The summed E-state index contributed by atoms with van der Waals surface area (Å²) in [6.07, 6.45) is 5.69. The number of nitrogens with zero attached hydrogens (tertiary/aromatic N) is 1. The van der Waals surface area contributed by atoms with Gasteiger partial charge in [0.15, 0.2) is 0 Å². The van der Waals surface area contributed by atoms with Crippen LogP contribution in [0.15, 0.2) is 23.4 Å². The van der Waals surface area contributed by atoms with E-state index in [4.69, 9.17) is 0 Å². The van der Waals surface area contributed by atoms with Gasteiger partial charge in [0.2, 0.25) is 0 Å². The van der Waals surface area contributed by atoms with Crippen LogP contribution in [0.4, 0.5) is 0 Å². The SMILES string of the molecule is CSc1cc[n-]c1.[Re]. The van der Waals surface area contributed by atoms with Crippen LogP contribution in [0.1, 0.15) is 0 Å². The van der Waals surface area contributed by atoms with E-state index in [1.807, 2.05) is 18.5 Å². The summed E-state index contributed by atoms with van der Waals surface area (Å²) >= 11 is 1.71. The Bertz CT molecular complexity index is 127. The molecule has 1 nitrogen and oxygen atoms in total. The largest absolute Gasteiger partial charge is 0.669 e. The van der Waals surface area contributed by atoms with Crippen LogP contribution in [0.25, 0.3) is 0 Å². The van der Waals surface area contributed by atoms with E-state index < -0.39 is 0 Å². The molecule has 8 heavy (non-hydrogen) atoms. The Balaban J connectivity index is 0.000000490. The average molecular weight is 298 g/mol. The molecule has 1 aromatic rings. The molecule has 0 N–H and O–H groups in total. The van der Waals surface area contributed by atoms with E-state index in [2.05, 4.69) is 4.98 Å². The Hall–Kier alpha value is 0.292. The molecule has 0 aliphatic heterocycles. The van der Waals surface area contributed by atoms with Crippen molar-refractivity contribution in [3.8, 4) is 0 Å². The molecule has 0 saturated heterocycles. The summed E-state index contributed by atoms with van der Waals surface area (Å²) in [5.74, 6) is 0. The zero-order valence-corrected chi connectivity index (χ0v) is 8.00. The van der Waals surface area contributed by atoms with Gasteiger partial charge in [-0.15, -0.1) is 11.8 Å². The van der Waals surface area contributed by atoms with Gasteiger partial charge in [-0.25, -0.2) is 0 Å². The minimum absolute atomic E-state index is 0. The smallest absolute Gasteiger partial charge is 0 e. The maximum absolute atomic E-state index is 3.87. The first-order valence-corrected chi connectivity index (χ1v) is 3.26. The standard InChI is InChI=1S/C5H6NS.Re/c1-7-5-2-3-6-4-5;/h2-4H,1H3;/q-1;. The van der Waals surface area contributed by atoms with Crippen LogP contribution in [-0.4, -0.2) is 6.26 Å². The fourth-order valence-electron chi connectivity index (χ4n) is 0.397. The molecule has 1 rings (SSSR count). The van der Waals surface area contributed by atoms with Gasteiger partial charge in [0.1, 0.15) is 0 Å². The summed E-state index contributed by atoms with van der Waals surface area (Å²) in [5.41, 5.74) is 0. The molecule has 0 aliphatic carbocycles. The Labute approximate surface area is 66.9 Å². The molecule has 0 bridgehead atoms. The molecular weight excluding hydrogens is 292 g/mol. The molecule has 0 aliphatic rings. The van der Waals surface area contributed by atoms with Gasteiger partial charge in [-0.3, -0.25) is 0 Å². The summed E-state index contributed by atoms with van der Waals surface area (Å²) in [7, 11) is 0. The predicted molar refractivity (Wildman–Crippen MR) is 31.5 cm³/mol. The first kappa shape index (κ1) is 8.29. The van der Waals surface area contributed by atoms with Crippen LogP contribution in [0, 0.1) is 0 Å². The van der Waals surface area contributed by atoms with Crippen molar-refractivity contribution < 1.29 is 20.4 Å². The van der Waals surface area contributed by atoms with E-state index in [0.29, 0.717) is 0 Å².